The van der Waals surface area contributed by atoms with Gasteiger partial charge in [-0.25, -0.2) is 0 Å². The van der Waals surface area contributed by atoms with Crippen molar-refractivity contribution in [3.05, 3.63) is 28.8 Å². The van der Waals surface area contributed by atoms with Crippen LogP contribution in [-0.4, -0.2) is 13.0 Å². The lowest BCUT2D eigenvalue weighted by Crippen LogP contribution is -2.21. The standard InChI is InChI=1S/C11H14ClNO2/c1-3-11(14)13-7-8-4-5-9(15-2)6-10(8)12/h4-6H,3,7H2,1-2H3,(H,13,14). The second-order valence-corrected chi connectivity index (χ2v) is 3.49. The minimum Gasteiger partial charge on any atom is -0.497 e. The van der Waals surface area contributed by atoms with Crippen molar-refractivity contribution in [3.63, 3.8) is 0 Å². The molecule has 0 fully saturated rings. The van der Waals surface area contributed by atoms with E-state index >= 15 is 0 Å². The highest BCUT2D eigenvalue weighted by Gasteiger charge is 2.03. The van der Waals surface area contributed by atoms with Crippen molar-refractivity contribution < 1.29 is 9.53 Å². The molecule has 0 bridgehead atoms. The summed E-state index contributed by atoms with van der Waals surface area (Å²) >= 11 is 6.00. The van der Waals surface area contributed by atoms with Crippen molar-refractivity contribution in [2.75, 3.05) is 7.11 Å². The summed E-state index contributed by atoms with van der Waals surface area (Å²) in [4.78, 5) is 11.0. The number of nitrogens with one attached hydrogen (secondary N) is 1. The van der Waals surface area contributed by atoms with Crippen LogP contribution in [0.5, 0.6) is 5.75 Å². The van der Waals surface area contributed by atoms with E-state index in [1.807, 2.05) is 19.1 Å². The van der Waals surface area contributed by atoms with Gasteiger partial charge in [-0.05, 0) is 17.7 Å². The molecule has 4 heteroatoms. The zero-order valence-corrected chi connectivity index (χ0v) is 9.60. The number of halogens is 1. The zero-order valence-electron chi connectivity index (χ0n) is 8.84. The fourth-order valence-electron chi connectivity index (χ4n) is 1.12. The van der Waals surface area contributed by atoms with Gasteiger partial charge in [-0.15, -0.1) is 0 Å². The summed E-state index contributed by atoms with van der Waals surface area (Å²) in [7, 11) is 1.59. The van der Waals surface area contributed by atoms with Crippen LogP contribution in [0, 0.1) is 0 Å². The van der Waals surface area contributed by atoms with Crippen molar-refractivity contribution >= 4 is 17.5 Å². The largest absolute Gasteiger partial charge is 0.497 e. The molecular weight excluding hydrogens is 214 g/mol. The molecule has 0 aliphatic carbocycles. The number of hydrogen-bond acceptors (Lipinski definition) is 2. The van der Waals surface area contributed by atoms with Gasteiger partial charge in [0.25, 0.3) is 0 Å². The van der Waals surface area contributed by atoms with Crippen LogP contribution in [0.1, 0.15) is 18.9 Å². The average Bonchev–Trinajstić information content (AvgIpc) is 2.26. The third kappa shape index (κ3) is 3.44. The number of amides is 1. The van der Waals surface area contributed by atoms with Gasteiger partial charge in [0.05, 0.1) is 7.11 Å². The molecule has 0 aliphatic heterocycles. The Balaban J connectivity index is 2.66. The Hall–Kier alpha value is -1.22. The molecule has 1 N–H and O–H groups in total. The fraction of sp³-hybridized carbons (Fsp3) is 0.364. The Bertz CT molecular complexity index is 352. The van der Waals surface area contributed by atoms with Crippen LogP contribution >= 0.6 is 11.6 Å². The maximum Gasteiger partial charge on any atom is 0.219 e. The molecule has 82 valence electrons. The third-order valence-corrected chi connectivity index (χ3v) is 2.41. The lowest BCUT2D eigenvalue weighted by molar-refractivity contribution is -0.120. The van der Waals surface area contributed by atoms with E-state index in [9.17, 15) is 4.79 Å². The molecule has 0 aromatic heterocycles. The van der Waals surface area contributed by atoms with Gasteiger partial charge < -0.3 is 10.1 Å². The molecule has 1 amide bonds. The summed E-state index contributed by atoms with van der Waals surface area (Å²) in [6.45, 7) is 2.26. The summed E-state index contributed by atoms with van der Waals surface area (Å²) in [5, 5.41) is 3.37. The Morgan fingerprint density at radius 2 is 2.27 bits per heavy atom. The number of carbonyl (C=O) groups excluding carboxylic acids is 1. The minimum atomic E-state index is 0.0156. The van der Waals surface area contributed by atoms with Crippen LogP contribution in [0.25, 0.3) is 0 Å². The highest BCUT2D eigenvalue weighted by molar-refractivity contribution is 6.31. The van der Waals surface area contributed by atoms with Crippen LogP contribution in [0.15, 0.2) is 18.2 Å². The number of rotatable bonds is 4. The Kier molecular flexibility index (Phi) is 4.43. The number of carbonyl (C=O) groups is 1. The normalized spacial score (nSPS) is 9.80. The number of hydrogen-bond donors (Lipinski definition) is 1. The second kappa shape index (κ2) is 5.61. The van der Waals surface area contributed by atoms with Crippen LogP contribution in [0.4, 0.5) is 0 Å². The average molecular weight is 228 g/mol. The van der Waals surface area contributed by atoms with E-state index in [0.29, 0.717) is 23.7 Å². The maximum absolute atomic E-state index is 11.0. The predicted molar refractivity (Wildman–Crippen MR) is 60.1 cm³/mol. The van der Waals surface area contributed by atoms with E-state index in [1.54, 1.807) is 13.2 Å². The van der Waals surface area contributed by atoms with Crippen LogP contribution in [0.2, 0.25) is 5.02 Å². The van der Waals surface area contributed by atoms with E-state index < -0.39 is 0 Å². The molecule has 0 saturated carbocycles. The SMILES string of the molecule is CCC(=O)NCc1ccc(OC)cc1Cl. The molecule has 1 rings (SSSR count). The van der Waals surface area contributed by atoms with Gasteiger partial charge in [0.15, 0.2) is 0 Å². The van der Waals surface area contributed by atoms with Crippen LogP contribution in [0.3, 0.4) is 0 Å². The van der Waals surface area contributed by atoms with E-state index in [2.05, 4.69) is 5.32 Å². The monoisotopic (exact) mass is 227 g/mol. The second-order valence-electron chi connectivity index (χ2n) is 3.09. The van der Waals surface area contributed by atoms with E-state index in [0.717, 1.165) is 5.56 Å². The van der Waals surface area contributed by atoms with Crippen LogP contribution in [-0.2, 0) is 11.3 Å². The van der Waals surface area contributed by atoms with Crippen LogP contribution < -0.4 is 10.1 Å². The van der Waals surface area contributed by atoms with Crippen molar-refractivity contribution in [3.8, 4) is 5.75 Å². The van der Waals surface area contributed by atoms with Gasteiger partial charge in [0, 0.05) is 18.0 Å². The smallest absolute Gasteiger partial charge is 0.219 e. The predicted octanol–water partition coefficient (Wildman–Crippen LogP) is 2.37. The first-order valence-electron chi connectivity index (χ1n) is 4.76. The number of ether oxygens (including phenoxy) is 1. The number of benzene rings is 1. The molecule has 0 spiro atoms. The van der Waals surface area contributed by atoms with Crippen molar-refractivity contribution in [2.24, 2.45) is 0 Å². The molecule has 3 nitrogen and oxygen atoms in total. The molecular formula is C11H14ClNO2. The Labute approximate surface area is 94.4 Å². The molecule has 15 heavy (non-hydrogen) atoms. The summed E-state index contributed by atoms with van der Waals surface area (Å²) in [6, 6.07) is 5.39. The molecule has 0 unspecified atom stereocenters. The first kappa shape index (κ1) is 11.9. The lowest BCUT2D eigenvalue weighted by atomic mass is 10.2. The third-order valence-electron chi connectivity index (χ3n) is 2.06. The quantitative estimate of drug-likeness (QED) is 0.858. The summed E-state index contributed by atoms with van der Waals surface area (Å²) in [5.41, 5.74) is 0.888. The van der Waals surface area contributed by atoms with E-state index in [1.165, 1.54) is 0 Å². The minimum absolute atomic E-state index is 0.0156. The number of methoxy groups -OCH3 is 1. The Morgan fingerprint density at radius 1 is 1.53 bits per heavy atom. The molecule has 0 heterocycles. The molecule has 1 aromatic rings. The van der Waals surface area contributed by atoms with Gasteiger partial charge in [-0.3, -0.25) is 4.79 Å². The van der Waals surface area contributed by atoms with Crippen molar-refractivity contribution in [2.45, 2.75) is 19.9 Å². The zero-order chi connectivity index (χ0) is 11.3. The molecule has 1 aromatic carbocycles. The summed E-state index contributed by atoms with van der Waals surface area (Å²) < 4.78 is 5.02. The fourth-order valence-corrected chi connectivity index (χ4v) is 1.35. The highest BCUT2D eigenvalue weighted by Crippen LogP contribution is 2.22. The van der Waals surface area contributed by atoms with Gasteiger partial charge in [-0.1, -0.05) is 24.6 Å². The molecule has 0 aliphatic rings. The van der Waals surface area contributed by atoms with Crippen molar-refractivity contribution in [1.29, 1.82) is 0 Å². The lowest BCUT2D eigenvalue weighted by Gasteiger charge is -2.07. The molecule has 0 atom stereocenters. The first-order chi connectivity index (χ1) is 7.17. The summed E-state index contributed by atoms with van der Waals surface area (Å²) in [6.07, 6.45) is 0.480. The van der Waals surface area contributed by atoms with E-state index in [4.69, 9.17) is 16.3 Å². The van der Waals surface area contributed by atoms with Gasteiger partial charge in [0.1, 0.15) is 5.75 Å². The maximum atomic E-state index is 11.0. The van der Waals surface area contributed by atoms with E-state index in [-0.39, 0.29) is 5.91 Å². The Morgan fingerprint density at radius 3 is 2.80 bits per heavy atom. The van der Waals surface area contributed by atoms with Crippen molar-refractivity contribution in [1.82, 2.24) is 5.32 Å². The van der Waals surface area contributed by atoms with Gasteiger partial charge in [0.2, 0.25) is 5.91 Å². The topological polar surface area (TPSA) is 38.3 Å². The van der Waals surface area contributed by atoms with Gasteiger partial charge >= 0.3 is 0 Å². The first-order valence-corrected chi connectivity index (χ1v) is 5.14. The molecule has 0 radical (unpaired) electrons. The highest BCUT2D eigenvalue weighted by atomic mass is 35.5. The van der Waals surface area contributed by atoms with Gasteiger partial charge in [-0.2, -0.15) is 0 Å². The summed E-state index contributed by atoms with van der Waals surface area (Å²) in [5.74, 6) is 0.729. The molecule has 0 saturated heterocycles.